The first-order valence-corrected chi connectivity index (χ1v) is 16.5. The predicted octanol–water partition coefficient (Wildman–Crippen LogP) is 12.7. The van der Waals surface area contributed by atoms with Crippen LogP contribution in [0.15, 0.2) is 176 Å². The van der Waals surface area contributed by atoms with Gasteiger partial charge in [0.25, 0.3) is 0 Å². The number of fused-ring (bicyclic) bond motifs is 4. The number of nitrogens with zero attached hydrogens (tertiary/aromatic N) is 1. The van der Waals surface area contributed by atoms with Crippen molar-refractivity contribution in [3.63, 3.8) is 0 Å². The van der Waals surface area contributed by atoms with Crippen molar-refractivity contribution in [1.82, 2.24) is 4.57 Å². The van der Waals surface area contributed by atoms with E-state index >= 15 is 0 Å². The number of rotatable bonds is 5. The number of thiophene rings is 1. The summed E-state index contributed by atoms with van der Waals surface area (Å²) in [6.45, 7) is 0. The van der Waals surface area contributed by atoms with Crippen LogP contribution in [0.1, 0.15) is 0 Å². The molecule has 216 valence electrons. The SMILES string of the molecule is c1ccc(-c2cccc(-c3sc(-c4cc5c6ccccc6n(-c6ccccc6)c5cc4-c4ccccc4)c4ccccc34)c2)cc1. The van der Waals surface area contributed by atoms with E-state index in [1.807, 2.05) is 11.3 Å². The van der Waals surface area contributed by atoms with Gasteiger partial charge in [-0.1, -0.05) is 140 Å². The Labute approximate surface area is 272 Å². The molecule has 0 atom stereocenters. The quantitative estimate of drug-likeness (QED) is 0.184. The van der Waals surface area contributed by atoms with Crippen molar-refractivity contribution in [2.75, 3.05) is 0 Å². The molecule has 9 aromatic rings. The summed E-state index contributed by atoms with van der Waals surface area (Å²) in [6.07, 6.45) is 0. The average Bonchev–Trinajstić information content (AvgIpc) is 3.68. The molecule has 1 nitrogen and oxygen atoms in total. The Morgan fingerprint density at radius 3 is 1.63 bits per heavy atom. The highest BCUT2D eigenvalue weighted by Gasteiger charge is 2.21. The molecular weight excluding hydrogens is 575 g/mol. The Balaban J connectivity index is 1.34. The molecule has 0 amide bonds. The van der Waals surface area contributed by atoms with E-state index in [1.54, 1.807) is 0 Å². The molecule has 0 aliphatic rings. The summed E-state index contributed by atoms with van der Waals surface area (Å²) in [6, 6.07) is 63.8. The van der Waals surface area contributed by atoms with Gasteiger partial charge in [-0.25, -0.2) is 0 Å². The summed E-state index contributed by atoms with van der Waals surface area (Å²) < 4.78 is 2.41. The molecule has 2 aromatic heterocycles. The maximum atomic E-state index is 2.45. The molecule has 0 radical (unpaired) electrons. The summed E-state index contributed by atoms with van der Waals surface area (Å²) in [7, 11) is 0. The molecule has 0 fully saturated rings. The molecule has 0 aliphatic carbocycles. The molecular formula is C44H29NS. The second-order valence-corrected chi connectivity index (χ2v) is 12.7. The first kappa shape index (κ1) is 26.7. The zero-order valence-corrected chi connectivity index (χ0v) is 25.9. The lowest BCUT2D eigenvalue weighted by molar-refractivity contribution is 1.18. The minimum atomic E-state index is 1.17. The van der Waals surface area contributed by atoms with Gasteiger partial charge in [-0.15, -0.1) is 11.3 Å². The van der Waals surface area contributed by atoms with E-state index in [1.165, 1.54) is 81.4 Å². The molecule has 0 unspecified atom stereocenters. The molecule has 0 saturated carbocycles. The molecule has 0 bridgehead atoms. The Kier molecular flexibility index (Phi) is 6.40. The van der Waals surface area contributed by atoms with Crippen LogP contribution in [-0.2, 0) is 0 Å². The second kappa shape index (κ2) is 11.0. The van der Waals surface area contributed by atoms with E-state index < -0.39 is 0 Å². The van der Waals surface area contributed by atoms with Crippen LogP contribution in [0.25, 0.3) is 81.4 Å². The third-order valence-corrected chi connectivity index (χ3v) is 10.3. The van der Waals surface area contributed by atoms with Crippen molar-refractivity contribution in [1.29, 1.82) is 0 Å². The highest BCUT2D eigenvalue weighted by molar-refractivity contribution is 7.21. The number of aromatic nitrogens is 1. The van der Waals surface area contributed by atoms with Crippen LogP contribution in [0.4, 0.5) is 0 Å². The van der Waals surface area contributed by atoms with Crippen LogP contribution in [0.3, 0.4) is 0 Å². The lowest BCUT2D eigenvalue weighted by Crippen LogP contribution is -1.94. The van der Waals surface area contributed by atoms with E-state index in [9.17, 15) is 0 Å². The molecule has 2 heterocycles. The third-order valence-electron chi connectivity index (χ3n) is 9.01. The van der Waals surface area contributed by atoms with Crippen LogP contribution in [0, 0.1) is 0 Å². The summed E-state index contributed by atoms with van der Waals surface area (Å²) in [5.41, 5.74) is 11.0. The first-order valence-electron chi connectivity index (χ1n) is 15.7. The summed E-state index contributed by atoms with van der Waals surface area (Å²) in [5, 5.41) is 5.10. The highest BCUT2D eigenvalue weighted by Crippen LogP contribution is 2.49. The lowest BCUT2D eigenvalue weighted by Gasteiger charge is -2.13. The monoisotopic (exact) mass is 603 g/mol. The Hall–Kier alpha value is -5.70. The van der Waals surface area contributed by atoms with Gasteiger partial charge in [0.15, 0.2) is 0 Å². The standard InChI is InChI=1S/C44H29NS/c1-4-15-30(16-5-1)32-19-14-20-33(27-32)43-36-24-10-11-25-37(36)44(46-43)40-28-39-35-23-12-13-26-41(35)45(34-21-8-3-9-22-34)42(39)29-38(40)31-17-6-2-7-18-31/h1-29H. The van der Waals surface area contributed by atoms with Crippen LogP contribution in [0.2, 0.25) is 0 Å². The Morgan fingerprint density at radius 2 is 0.891 bits per heavy atom. The van der Waals surface area contributed by atoms with Crippen LogP contribution in [-0.4, -0.2) is 4.57 Å². The smallest absolute Gasteiger partial charge is 0.0547 e. The van der Waals surface area contributed by atoms with Gasteiger partial charge in [-0.2, -0.15) is 0 Å². The molecule has 7 aromatic carbocycles. The molecule has 0 aliphatic heterocycles. The van der Waals surface area contributed by atoms with Gasteiger partial charge in [0.2, 0.25) is 0 Å². The normalized spacial score (nSPS) is 11.5. The second-order valence-electron chi connectivity index (χ2n) is 11.7. The van der Waals surface area contributed by atoms with E-state index in [0.717, 1.165) is 0 Å². The minimum absolute atomic E-state index is 1.17. The van der Waals surface area contributed by atoms with E-state index in [-0.39, 0.29) is 0 Å². The van der Waals surface area contributed by atoms with Gasteiger partial charge < -0.3 is 4.57 Å². The van der Waals surface area contributed by atoms with Crippen LogP contribution < -0.4 is 0 Å². The maximum Gasteiger partial charge on any atom is 0.0547 e. The van der Waals surface area contributed by atoms with Crippen LogP contribution >= 0.6 is 11.3 Å². The van der Waals surface area contributed by atoms with Crippen molar-refractivity contribution in [3.05, 3.63) is 176 Å². The van der Waals surface area contributed by atoms with Crippen molar-refractivity contribution >= 4 is 43.9 Å². The number of para-hydroxylation sites is 2. The number of hydrogen-bond donors (Lipinski definition) is 0. The van der Waals surface area contributed by atoms with Gasteiger partial charge >= 0.3 is 0 Å². The summed E-state index contributed by atoms with van der Waals surface area (Å²) in [5.74, 6) is 0. The van der Waals surface area contributed by atoms with Gasteiger partial charge in [0, 0.05) is 42.6 Å². The minimum Gasteiger partial charge on any atom is -0.309 e. The van der Waals surface area contributed by atoms with Crippen molar-refractivity contribution in [3.8, 4) is 48.8 Å². The molecule has 0 N–H and O–H groups in total. The average molecular weight is 604 g/mol. The topological polar surface area (TPSA) is 4.93 Å². The number of benzene rings is 7. The van der Waals surface area contributed by atoms with Gasteiger partial charge in [-0.05, 0) is 64.2 Å². The van der Waals surface area contributed by atoms with Crippen LogP contribution in [0.5, 0.6) is 0 Å². The molecule has 46 heavy (non-hydrogen) atoms. The maximum absolute atomic E-state index is 2.45. The third kappa shape index (κ3) is 4.38. The van der Waals surface area contributed by atoms with Gasteiger partial charge in [0.1, 0.15) is 0 Å². The molecule has 0 saturated heterocycles. The summed E-state index contributed by atoms with van der Waals surface area (Å²) in [4.78, 5) is 2.60. The largest absolute Gasteiger partial charge is 0.309 e. The molecule has 0 spiro atoms. The lowest BCUT2D eigenvalue weighted by atomic mass is 9.94. The van der Waals surface area contributed by atoms with E-state index in [4.69, 9.17) is 0 Å². The first-order chi connectivity index (χ1) is 22.8. The summed E-state index contributed by atoms with van der Waals surface area (Å²) >= 11 is 1.90. The predicted molar refractivity (Wildman–Crippen MR) is 198 cm³/mol. The van der Waals surface area contributed by atoms with Gasteiger partial charge in [-0.3, -0.25) is 0 Å². The zero-order chi connectivity index (χ0) is 30.5. The molecule has 9 rings (SSSR count). The van der Waals surface area contributed by atoms with E-state index in [2.05, 4.69) is 180 Å². The van der Waals surface area contributed by atoms with Gasteiger partial charge in [0.05, 0.1) is 11.0 Å². The van der Waals surface area contributed by atoms with Crippen molar-refractivity contribution < 1.29 is 0 Å². The van der Waals surface area contributed by atoms with Crippen molar-refractivity contribution in [2.24, 2.45) is 0 Å². The fraction of sp³-hybridized carbons (Fsp3) is 0. The Bertz CT molecular complexity index is 2500. The van der Waals surface area contributed by atoms with Crippen molar-refractivity contribution in [2.45, 2.75) is 0 Å². The fourth-order valence-electron chi connectivity index (χ4n) is 6.89. The highest BCUT2D eigenvalue weighted by atomic mass is 32.1. The fourth-order valence-corrected chi connectivity index (χ4v) is 8.19. The van der Waals surface area contributed by atoms with E-state index in [0.29, 0.717) is 0 Å². The number of hydrogen-bond acceptors (Lipinski definition) is 1. The molecule has 2 heteroatoms. The Morgan fingerprint density at radius 1 is 0.326 bits per heavy atom. The zero-order valence-electron chi connectivity index (χ0n) is 25.1.